The highest BCUT2D eigenvalue weighted by atomic mass is 79.9. The van der Waals surface area contributed by atoms with E-state index in [0.29, 0.717) is 11.6 Å². The van der Waals surface area contributed by atoms with E-state index in [-0.39, 0.29) is 18.2 Å². The Kier molecular flexibility index (Phi) is 5.41. The third-order valence-corrected chi connectivity index (χ3v) is 4.24. The van der Waals surface area contributed by atoms with Gasteiger partial charge in [0.05, 0.1) is 12.1 Å². The smallest absolute Gasteiger partial charge is 0.410 e. The van der Waals surface area contributed by atoms with Gasteiger partial charge in [-0.05, 0) is 51.5 Å². The molecule has 2 rings (SSSR count). The standard InChI is InChI=1S/C16H22BrClN2O2/c1-10-14(11-7-12(17)9-13(18)8-11)19-5-6-20(10)15(21)22-16(2,3)4/h7-10,14,19H,5-6H2,1-4H3/t10-,14+/m1/s1. The number of halogens is 2. The fraction of sp³-hybridized carbons (Fsp3) is 0.562. The number of rotatable bonds is 1. The molecule has 0 radical (unpaired) electrons. The molecule has 0 aromatic heterocycles. The Bertz CT molecular complexity index is 539. The molecule has 0 saturated carbocycles. The van der Waals surface area contributed by atoms with Gasteiger partial charge in [-0.25, -0.2) is 4.79 Å². The summed E-state index contributed by atoms with van der Waals surface area (Å²) in [5.74, 6) is 0. The lowest BCUT2D eigenvalue weighted by molar-refractivity contribution is 0.00810. The summed E-state index contributed by atoms with van der Waals surface area (Å²) in [4.78, 5) is 14.2. The molecule has 6 heteroatoms. The molecular formula is C16H22BrClN2O2. The third kappa shape index (κ3) is 4.37. The van der Waals surface area contributed by atoms with Crippen molar-refractivity contribution in [2.24, 2.45) is 0 Å². The van der Waals surface area contributed by atoms with Gasteiger partial charge in [-0.1, -0.05) is 27.5 Å². The Labute approximate surface area is 145 Å². The maximum atomic E-state index is 12.4. The van der Waals surface area contributed by atoms with Crippen LogP contribution in [0.15, 0.2) is 22.7 Å². The molecule has 1 saturated heterocycles. The number of carbonyl (C=O) groups excluding carboxylic acids is 1. The van der Waals surface area contributed by atoms with Gasteiger partial charge in [0.2, 0.25) is 0 Å². The van der Waals surface area contributed by atoms with Crippen molar-refractivity contribution >= 4 is 33.6 Å². The lowest BCUT2D eigenvalue weighted by atomic mass is 9.97. The lowest BCUT2D eigenvalue weighted by Gasteiger charge is -2.40. The molecule has 1 aromatic rings. The van der Waals surface area contributed by atoms with Gasteiger partial charge in [0.15, 0.2) is 0 Å². The molecule has 1 aromatic carbocycles. The van der Waals surface area contributed by atoms with E-state index in [2.05, 4.69) is 21.2 Å². The number of carbonyl (C=O) groups is 1. The Morgan fingerprint density at radius 3 is 2.68 bits per heavy atom. The normalized spacial score (nSPS) is 22.5. The molecule has 4 nitrogen and oxygen atoms in total. The Morgan fingerprint density at radius 1 is 1.41 bits per heavy atom. The summed E-state index contributed by atoms with van der Waals surface area (Å²) in [5, 5.41) is 4.13. The van der Waals surface area contributed by atoms with E-state index in [0.717, 1.165) is 16.6 Å². The SMILES string of the molecule is C[C@@H]1[C@@H](c2cc(Cl)cc(Br)c2)NCCN1C(=O)OC(C)(C)C. The topological polar surface area (TPSA) is 41.6 Å². The summed E-state index contributed by atoms with van der Waals surface area (Å²) in [6.45, 7) is 9.01. The van der Waals surface area contributed by atoms with Gasteiger partial charge in [-0.3, -0.25) is 0 Å². The zero-order chi connectivity index (χ0) is 16.5. The summed E-state index contributed by atoms with van der Waals surface area (Å²) in [6.07, 6.45) is -0.271. The predicted octanol–water partition coefficient (Wildman–Crippen LogP) is 4.37. The zero-order valence-electron chi connectivity index (χ0n) is 13.3. The van der Waals surface area contributed by atoms with Crippen LogP contribution in [-0.2, 0) is 4.74 Å². The molecular weight excluding hydrogens is 368 g/mol. The van der Waals surface area contributed by atoms with Gasteiger partial charge in [0, 0.05) is 22.6 Å². The fourth-order valence-electron chi connectivity index (χ4n) is 2.62. The van der Waals surface area contributed by atoms with E-state index in [4.69, 9.17) is 16.3 Å². The second kappa shape index (κ2) is 6.77. The molecule has 0 unspecified atom stereocenters. The van der Waals surface area contributed by atoms with Crippen molar-refractivity contribution in [1.82, 2.24) is 10.2 Å². The number of amides is 1. The molecule has 0 aliphatic carbocycles. The van der Waals surface area contributed by atoms with E-state index in [1.54, 1.807) is 4.90 Å². The van der Waals surface area contributed by atoms with E-state index < -0.39 is 5.60 Å². The van der Waals surface area contributed by atoms with E-state index in [1.165, 1.54) is 0 Å². The number of nitrogens with zero attached hydrogens (tertiary/aromatic N) is 1. The monoisotopic (exact) mass is 388 g/mol. The van der Waals surface area contributed by atoms with Crippen LogP contribution in [0.1, 0.15) is 39.3 Å². The van der Waals surface area contributed by atoms with Crippen LogP contribution in [-0.4, -0.2) is 35.7 Å². The summed E-state index contributed by atoms with van der Waals surface area (Å²) in [7, 11) is 0. The van der Waals surface area contributed by atoms with Gasteiger partial charge < -0.3 is 15.0 Å². The molecule has 1 amide bonds. The molecule has 1 aliphatic heterocycles. The molecule has 0 spiro atoms. The first-order chi connectivity index (χ1) is 10.2. The minimum Gasteiger partial charge on any atom is -0.444 e. The second-order valence-corrected chi connectivity index (χ2v) is 7.90. The van der Waals surface area contributed by atoms with Crippen LogP contribution in [0.3, 0.4) is 0 Å². The van der Waals surface area contributed by atoms with E-state index in [1.807, 2.05) is 45.9 Å². The Balaban J connectivity index is 2.19. The molecule has 1 N–H and O–H groups in total. The van der Waals surface area contributed by atoms with Crippen molar-refractivity contribution in [2.45, 2.75) is 45.4 Å². The highest BCUT2D eigenvalue weighted by molar-refractivity contribution is 9.10. The number of piperazine rings is 1. The molecule has 2 atom stereocenters. The molecule has 22 heavy (non-hydrogen) atoms. The summed E-state index contributed by atoms with van der Waals surface area (Å²) < 4.78 is 6.43. The van der Waals surface area contributed by atoms with Crippen molar-refractivity contribution in [2.75, 3.05) is 13.1 Å². The van der Waals surface area contributed by atoms with E-state index >= 15 is 0 Å². The number of benzene rings is 1. The average molecular weight is 390 g/mol. The van der Waals surface area contributed by atoms with Crippen LogP contribution in [0.25, 0.3) is 0 Å². The van der Waals surface area contributed by atoms with Crippen LogP contribution in [0.5, 0.6) is 0 Å². The van der Waals surface area contributed by atoms with E-state index in [9.17, 15) is 4.79 Å². The molecule has 1 heterocycles. The predicted molar refractivity (Wildman–Crippen MR) is 92.3 cm³/mol. The Hall–Kier alpha value is -0.780. The van der Waals surface area contributed by atoms with Crippen LogP contribution in [0, 0.1) is 0 Å². The van der Waals surface area contributed by atoms with Crippen molar-refractivity contribution in [1.29, 1.82) is 0 Å². The maximum absolute atomic E-state index is 12.4. The van der Waals surface area contributed by atoms with Crippen molar-refractivity contribution in [3.8, 4) is 0 Å². The first kappa shape index (κ1) is 17.6. The first-order valence-corrected chi connectivity index (χ1v) is 8.53. The largest absolute Gasteiger partial charge is 0.444 e. The molecule has 1 fully saturated rings. The molecule has 122 valence electrons. The summed E-state index contributed by atoms with van der Waals surface area (Å²) in [5.41, 5.74) is 0.566. The van der Waals surface area contributed by atoms with Crippen molar-refractivity contribution < 1.29 is 9.53 Å². The highest BCUT2D eigenvalue weighted by Gasteiger charge is 2.34. The van der Waals surface area contributed by atoms with Gasteiger partial charge >= 0.3 is 6.09 Å². The highest BCUT2D eigenvalue weighted by Crippen LogP contribution is 2.29. The summed E-state index contributed by atoms with van der Waals surface area (Å²) in [6, 6.07) is 5.81. The van der Waals surface area contributed by atoms with Crippen molar-refractivity contribution in [3.63, 3.8) is 0 Å². The van der Waals surface area contributed by atoms with Gasteiger partial charge in [-0.2, -0.15) is 0 Å². The molecule has 1 aliphatic rings. The number of nitrogens with one attached hydrogen (secondary N) is 1. The fourth-order valence-corrected chi connectivity index (χ4v) is 3.51. The van der Waals surface area contributed by atoms with Crippen LogP contribution >= 0.6 is 27.5 Å². The van der Waals surface area contributed by atoms with Crippen LogP contribution in [0.4, 0.5) is 4.79 Å². The van der Waals surface area contributed by atoms with Crippen molar-refractivity contribution in [3.05, 3.63) is 33.3 Å². The van der Waals surface area contributed by atoms with Crippen LogP contribution < -0.4 is 5.32 Å². The average Bonchev–Trinajstić information content (AvgIpc) is 2.35. The van der Waals surface area contributed by atoms with Gasteiger partial charge in [-0.15, -0.1) is 0 Å². The number of ether oxygens (including phenoxy) is 1. The zero-order valence-corrected chi connectivity index (χ0v) is 15.7. The minimum absolute atomic E-state index is 0.0195. The second-order valence-electron chi connectivity index (χ2n) is 6.55. The lowest BCUT2D eigenvalue weighted by Crippen LogP contribution is -2.55. The first-order valence-electron chi connectivity index (χ1n) is 7.36. The quantitative estimate of drug-likeness (QED) is 0.775. The van der Waals surface area contributed by atoms with Gasteiger partial charge in [0.25, 0.3) is 0 Å². The van der Waals surface area contributed by atoms with Gasteiger partial charge in [0.1, 0.15) is 5.60 Å². The maximum Gasteiger partial charge on any atom is 0.410 e. The summed E-state index contributed by atoms with van der Waals surface area (Å²) >= 11 is 9.61. The molecule has 0 bridgehead atoms. The minimum atomic E-state index is -0.490. The number of hydrogen-bond acceptors (Lipinski definition) is 3. The third-order valence-electron chi connectivity index (χ3n) is 3.56. The van der Waals surface area contributed by atoms with Crippen LogP contribution in [0.2, 0.25) is 5.02 Å². The Morgan fingerprint density at radius 2 is 2.09 bits per heavy atom. The number of hydrogen-bond donors (Lipinski definition) is 1.